The van der Waals surface area contributed by atoms with E-state index in [2.05, 4.69) is 26.4 Å². The predicted octanol–water partition coefficient (Wildman–Crippen LogP) is 4.64. The number of nitrogens with zero attached hydrogens (tertiary/aromatic N) is 2. The number of carbonyl (C=O) groups excluding carboxylic acids is 5. The van der Waals surface area contributed by atoms with E-state index in [4.69, 9.17) is 37.4 Å². The van der Waals surface area contributed by atoms with Gasteiger partial charge in [0.2, 0.25) is 0 Å². The monoisotopic (exact) mass is 738 g/mol. The minimum absolute atomic E-state index is 0.0196. The summed E-state index contributed by atoms with van der Waals surface area (Å²) in [5.74, 6) is -1.97. The van der Waals surface area contributed by atoms with Crippen LogP contribution in [0.1, 0.15) is 54.0 Å². The highest BCUT2D eigenvalue weighted by molar-refractivity contribution is 6.30. The number of allylic oxidation sites excluding steroid dienone is 1. The van der Waals surface area contributed by atoms with Crippen LogP contribution in [0, 0.1) is 13.8 Å². The molecule has 268 valence electrons. The molecule has 2 aromatic carbocycles. The van der Waals surface area contributed by atoms with Gasteiger partial charge in [-0.25, -0.2) is 19.2 Å². The Bertz CT molecular complexity index is 1920. The quantitative estimate of drug-likeness (QED) is 0.152. The fourth-order valence-corrected chi connectivity index (χ4v) is 6.08. The van der Waals surface area contributed by atoms with E-state index < -0.39 is 48.7 Å². The number of esters is 3. The average molecular weight is 740 g/mol. The highest BCUT2D eigenvalue weighted by atomic mass is 35.5. The number of amides is 4. The molecule has 14 nitrogen and oxygen atoms in total. The Labute approximate surface area is 303 Å². The zero-order valence-electron chi connectivity index (χ0n) is 28.2. The van der Waals surface area contributed by atoms with Crippen LogP contribution in [0.2, 0.25) is 10.0 Å². The van der Waals surface area contributed by atoms with Crippen molar-refractivity contribution in [1.82, 2.24) is 31.0 Å². The maximum atomic E-state index is 13.2. The van der Waals surface area contributed by atoms with Gasteiger partial charge in [0.05, 0.1) is 66.5 Å². The zero-order valence-corrected chi connectivity index (χ0v) is 29.7. The number of aryl methyl sites for hydroxylation is 1. The number of aromatic nitrogens is 2. The molecule has 5 rings (SSSR count). The van der Waals surface area contributed by atoms with E-state index in [1.807, 2.05) is 0 Å². The van der Waals surface area contributed by atoms with E-state index >= 15 is 0 Å². The molecule has 0 bridgehead atoms. The van der Waals surface area contributed by atoms with Gasteiger partial charge in [0, 0.05) is 21.3 Å². The number of urea groups is 2. The SMILES string of the molecule is CCOC(=O)C1=C(COC(=O)Cc2c(C)nn(CC3=C(C(=O)OCC)[C@H](c4ccc(Cl)cc4)NC(=O)N3)c2C)NC(=O)N[C@H]1c1ccc(Cl)cc1. The number of carbonyl (C=O) groups is 5. The molecule has 2 aliphatic rings. The molecule has 3 aromatic rings. The Kier molecular flexibility index (Phi) is 11.7. The molecule has 16 heteroatoms. The van der Waals surface area contributed by atoms with Crippen molar-refractivity contribution in [1.29, 1.82) is 0 Å². The molecule has 0 aliphatic carbocycles. The lowest BCUT2D eigenvalue weighted by atomic mass is 9.95. The Hall–Kier alpha value is -5.34. The minimum Gasteiger partial charge on any atom is -0.463 e. The van der Waals surface area contributed by atoms with Crippen molar-refractivity contribution in [3.63, 3.8) is 0 Å². The van der Waals surface area contributed by atoms with Gasteiger partial charge in [-0.15, -0.1) is 0 Å². The van der Waals surface area contributed by atoms with Gasteiger partial charge in [0.25, 0.3) is 0 Å². The van der Waals surface area contributed by atoms with Gasteiger partial charge in [0.15, 0.2) is 0 Å². The molecule has 2 aliphatic heterocycles. The lowest BCUT2D eigenvalue weighted by Gasteiger charge is -2.29. The van der Waals surface area contributed by atoms with Gasteiger partial charge in [-0.05, 0) is 63.1 Å². The van der Waals surface area contributed by atoms with Gasteiger partial charge in [0.1, 0.15) is 6.61 Å². The molecular weight excluding hydrogens is 703 g/mol. The standard InChI is InChI=1S/C35H36Cl2N6O8/c1-5-49-32(45)28-25(38-34(47)40-30(28)20-7-11-22(36)12-8-20)16-43-19(4)24(18(3)42-43)15-27(44)51-17-26-29(33(46)50-6-2)31(41-35(48)39-26)21-9-13-23(37)14-10-21/h7-14,30-31H,5-6,15-17H2,1-4H3,(H2,38,40,47)(H2,39,41,48)/t30-,31-/m0/s1. The second-order valence-electron chi connectivity index (χ2n) is 11.5. The lowest BCUT2D eigenvalue weighted by Crippen LogP contribution is -2.47. The number of halogens is 2. The number of benzene rings is 2. The summed E-state index contributed by atoms with van der Waals surface area (Å²) >= 11 is 12.1. The molecular formula is C35H36Cl2N6O8. The van der Waals surface area contributed by atoms with Crippen LogP contribution in [-0.2, 0) is 41.6 Å². The second kappa shape index (κ2) is 16.1. The van der Waals surface area contributed by atoms with Crippen LogP contribution in [0.3, 0.4) is 0 Å². The van der Waals surface area contributed by atoms with Crippen LogP contribution in [0.5, 0.6) is 0 Å². The topological polar surface area (TPSA) is 179 Å². The summed E-state index contributed by atoms with van der Waals surface area (Å²) in [6, 6.07) is 10.5. The number of ether oxygens (including phenoxy) is 3. The molecule has 0 fully saturated rings. The van der Waals surface area contributed by atoms with E-state index in [0.29, 0.717) is 38.1 Å². The van der Waals surface area contributed by atoms with Crippen molar-refractivity contribution in [3.8, 4) is 0 Å². The fraction of sp³-hybridized carbons (Fsp3) is 0.314. The highest BCUT2D eigenvalue weighted by Crippen LogP contribution is 2.31. The van der Waals surface area contributed by atoms with E-state index in [1.54, 1.807) is 80.9 Å². The van der Waals surface area contributed by atoms with Crippen molar-refractivity contribution >= 4 is 53.2 Å². The molecule has 1 aromatic heterocycles. The average Bonchev–Trinajstić information content (AvgIpc) is 3.34. The summed E-state index contributed by atoms with van der Waals surface area (Å²) in [6.07, 6.45) is -0.197. The van der Waals surface area contributed by atoms with Crippen LogP contribution in [0.15, 0.2) is 71.1 Å². The number of hydrogen-bond donors (Lipinski definition) is 4. The highest BCUT2D eigenvalue weighted by Gasteiger charge is 2.36. The van der Waals surface area contributed by atoms with Crippen LogP contribution >= 0.6 is 23.2 Å². The first kappa shape index (κ1) is 36.9. The molecule has 4 N–H and O–H groups in total. The third-order valence-electron chi connectivity index (χ3n) is 8.24. The van der Waals surface area contributed by atoms with Crippen LogP contribution in [0.25, 0.3) is 0 Å². The van der Waals surface area contributed by atoms with E-state index in [-0.39, 0.29) is 48.7 Å². The third-order valence-corrected chi connectivity index (χ3v) is 8.75. The summed E-state index contributed by atoms with van der Waals surface area (Å²) in [6.45, 7) is 6.56. The van der Waals surface area contributed by atoms with Gasteiger partial charge >= 0.3 is 30.0 Å². The molecule has 0 radical (unpaired) electrons. The molecule has 0 saturated carbocycles. The van der Waals surface area contributed by atoms with Crippen LogP contribution in [0.4, 0.5) is 9.59 Å². The number of hydrogen-bond acceptors (Lipinski definition) is 9. The molecule has 2 atom stereocenters. The molecule has 0 saturated heterocycles. The van der Waals surface area contributed by atoms with E-state index in [0.717, 1.165) is 0 Å². The van der Waals surface area contributed by atoms with Crippen LogP contribution in [-0.4, -0.2) is 59.6 Å². The maximum absolute atomic E-state index is 13.2. The normalized spacial score (nSPS) is 17.2. The zero-order chi connectivity index (χ0) is 36.8. The van der Waals surface area contributed by atoms with Crippen molar-refractivity contribution in [3.05, 3.63) is 109 Å². The van der Waals surface area contributed by atoms with Crippen LogP contribution < -0.4 is 21.3 Å². The first-order chi connectivity index (χ1) is 24.4. The summed E-state index contributed by atoms with van der Waals surface area (Å²) < 4.78 is 17.8. The fourth-order valence-electron chi connectivity index (χ4n) is 5.83. The summed E-state index contributed by atoms with van der Waals surface area (Å²) in [7, 11) is 0. The van der Waals surface area contributed by atoms with Gasteiger partial charge in [-0.1, -0.05) is 47.5 Å². The van der Waals surface area contributed by atoms with Gasteiger partial charge < -0.3 is 35.5 Å². The first-order valence-corrected chi connectivity index (χ1v) is 16.8. The Balaban J connectivity index is 1.38. The smallest absolute Gasteiger partial charge is 0.338 e. The van der Waals surface area contributed by atoms with Crippen molar-refractivity contribution in [2.24, 2.45) is 0 Å². The maximum Gasteiger partial charge on any atom is 0.338 e. The molecule has 51 heavy (non-hydrogen) atoms. The van der Waals surface area contributed by atoms with E-state index in [1.165, 1.54) is 0 Å². The lowest BCUT2D eigenvalue weighted by molar-refractivity contribution is -0.143. The summed E-state index contributed by atoms with van der Waals surface area (Å²) in [5.41, 5.74) is 3.47. The third kappa shape index (κ3) is 8.52. The summed E-state index contributed by atoms with van der Waals surface area (Å²) in [4.78, 5) is 65.0. The van der Waals surface area contributed by atoms with Crippen molar-refractivity contribution < 1.29 is 38.2 Å². The van der Waals surface area contributed by atoms with Crippen molar-refractivity contribution in [2.75, 3.05) is 19.8 Å². The summed E-state index contributed by atoms with van der Waals surface area (Å²) in [5, 5.41) is 16.3. The molecule has 3 heterocycles. The molecule has 4 amide bonds. The predicted molar refractivity (Wildman–Crippen MR) is 185 cm³/mol. The number of rotatable bonds is 12. The Morgan fingerprint density at radius 1 is 0.745 bits per heavy atom. The molecule has 0 unspecified atom stereocenters. The van der Waals surface area contributed by atoms with E-state index in [9.17, 15) is 24.0 Å². The number of nitrogens with one attached hydrogen (secondary N) is 4. The Morgan fingerprint density at radius 2 is 1.22 bits per heavy atom. The Morgan fingerprint density at radius 3 is 1.71 bits per heavy atom. The first-order valence-electron chi connectivity index (χ1n) is 16.0. The minimum atomic E-state index is -0.880. The van der Waals surface area contributed by atoms with Crippen molar-refractivity contribution in [2.45, 2.75) is 52.7 Å². The van der Waals surface area contributed by atoms with Gasteiger partial charge in [-0.3, -0.25) is 9.48 Å². The molecule has 0 spiro atoms. The second-order valence-corrected chi connectivity index (χ2v) is 12.4. The largest absolute Gasteiger partial charge is 0.463 e. The van der Waals surface area contributed by atoms with Gasteiger partial charge in [-0.2, -0.15) is 5.10 Å².